The summed E-state index contributed by atoms with van der Waals surface area (Å²) < 4.78 is 17.0. The van der Waals surface area contributed by atoms with Gasteiger partial charge in [0.15, 0.2) is 6.10 Å². The predicted octanol–water partition coefficient (Wildman–Crippen LogP) is 23.0. The maximum absolute atomic E-state index is 12.9. The summed E-state index contributed by atoms with van der Waals surface area (Å²) in [7, 11) is 0. The SMILES string of the molecule is CCC(C)CCCCCCCCCCCCCCCCC(=O)O[C@H](COC(=O)CCCCCCCCCCCCCCCCCCCCC(C)C)COC(=O)CCCCCCCCCCCCCCCCCC(C)C. The fraction of sp³-hybridized carbons (Fsp3) is 0.957. The van der Waals surface area contributed by atoms with Crippen LogP contribution in [0.5, 0.6) is 0 Å². The average molecular weight is 1060 g/mol. The molecule has 6 heteroatoms. The van der Waals surface area contributed by atoms with Crippen molar-refractivity contribution >= 4 is 17.9 Å². The zero-order valence-corrected chi connectivity index (χ0v) is 51.9. The van der Waals surface area contributed by atoms with Crippen LogP contribution in [0.4, 0.5) is 0 Å². The summed E-state index contributed by atoms with van der Waals surface area (Å²) in [5.74, 6) is 1.77. The minimum absolute atomic E-state index is 0.0620. The van der Waals surface area contributed by atoms with Gasteiger partial charge in [-0.2, -0.15) is 0 Å². The highest BCUT2D eigenvalue weighted by Crippen LogP contribution is 2.20. The molecule has 0 fully saturated rings. The van der Waals surface area contributed by atoms with Crippen molar-refractivity contribution in [1.29, 1.82) is 0 Å². The van der Waals surface area contributed by atoms with E-state index in [2.05, 4.69) is 41.5 Å². The molecule has 0 bridgehead atoms. The van der Waals surface area contributed by atoms with Gasteiger partial charge in [0.1, 0.15) is 13.2 Å². The van der Waals surface area contributed by atoms with Crippen molar-refractivity contribution in [2.75, 3.05) is 13.2 Å². The van der Waals surface area contributed by atoms with Gasteiger partial charge in [0.05, 0.1) is 0 Å². The van der Waals surface area contributed by atoms with Gasteiger partial charge in [0.2, 0.25) is 0 Å². The molecule has 75 heavy (non-hydrogen) atoms. The lowest BCUT2D eigenvalue weighted by Gasteiger charge is -2.18. The summed E-state index contributed by atoms with van der Waals surface area (Å²) in [6, 6.07) is 0. The van der Waals surface area contributed by atoms with Crippen LogP contribution in [0.25, 0.3) is 0 Å². The minimum Gasteiger partial charge on any atom is -0.462 e. The molecule has 0 aliphatic rings. The largest absolute Gasteiger partial charge is 0.462 e. The smallest absolute Gasteiger partial charge is 0.306 e. The second-order valence-electron chi connectivity index (χ2n) is 25.0. The molecular formula is C69H134O6. The highest BCUT2D eigenvalue weighted by Gasteiger charge is 2.20. The highest BCUT2D eigenvalue weighted by atomic mass is 16.6. The summed E-state index contributed by atoms with van der Waals surface area (Å²) in [6.07, 6.45) is 66.8. The van der Waals surface area contributed by atoms with Crippen molar-refractivity contribution in [3.05, 3.63) is 0 Å². The summed E-state index contributed by atoms with van der Waals surface area (Å²) in [5, 5.41) is 0. The second-order valence-corrected chi connectivity index (χ2v) is 25.0. The fourth-order valence-corrected chi connectivity index (χ4v) is 10.7. The van der Waals surface area contributed by atoms with Crippen molar-refractivity contribution < 1.29 is 28.6 Å². The molecule has 0 aromatic rings. The molecule has 0 aliphatic heterocycles. The van der Waals surface area contributed by atoms with Gasteiger partial charge in [-0.25, -0.2) is 0 Å². The van der Waals surface area contributed by atoms with Crippen LogP contribution in [0.15, 0.2) is 0 Å². The summed E-state index contributed by atoms with van der Waals surface area (Å²) >= 11 is 0. The van der Waals surface area contributed by atoms with Crippen LogP contribution in [0, 0.1) is 17.8 Å². The van der Waals surface area contributed by atoms with Crippen molar-refractivity contribution in [3.8, 4) is 0 Å². The van der Waals surface area contributed by atoms with Crippen LogP contribution in [0.1, 0.15) is 388 Å². The van der Waals surface area contributed by atoms with E-state index < -0.39 is 6.10 Å². The quantitative estimate of drug-likeness (QED) is 0.0343. The van der Waals surface area contributed by atoms with Gasteiger partial charge in [-0.3, -0.25) is 14.4 Å². The molecule has 0 rings (SSSR count). The topological polar surface area (TPSA) is 78.9 Å². The first-order chi connectivity index (χ1) is 36.6. The number of unbranched alkanes of at least 4 members (excludes halogenated alkanes) is 44. The Labute approximate surface area is 469 Å². The third-order valence-electron chi connectivity index (χ3n) is 16.3. The number of carbonyl (C=O) groups excluding carboxylic acids is 3. The van der Waals surface area contributed by atoms with Crippen LogP contribution < -0.4 is 0 Å². The van der Waals surface area contributed by atoms with E-state index in [0.29, 0.717) is 19.3 Å². The first-order valence-corrected chi connectivity index (χ1v) is 34.1. The van der Waals surface area contributed by atoms with Gasteiger partial charge in [0, 0.05) is 19.3 Å². The summed E-state index contributed by atoms with van der Waals surface area (Å²) in [4.78, 5) is 38.4. The molecule has 0 saturated carbocycles. The Morgan fingerprint density at radius 2 is 0.467 bits per heavy atom. The van der Waals surface area contributed by atoms with E-state index in [-0.39, 0.29) is 31.1 Å². The molecule has 0 N–H and O–H groups in total. The van der Waals surface area contributed by atoms with Gasteiger partial charge in [0.25, 0.3) is 0 Å². The minimum atomic E-state index is -0.765. The van der Waals surface area contributed by atoms with Gasteiger partial charge in [-0.05, 0) is 37.0 Å². The maximum Gasteiger partial charge on any atom is 0.306 e. The standard InChI is InChI=1S/C69H134O6/c1-7-65(6)57-51-45-39-33-27-21-17-18-24-30-36-42-48-54-60-69(72)75-66(62-74-68(71)59-53-47-41-35-29-23-16-12-14-20-26-32-38-44-50-56-64(4)5)61-73-67(70)58-52-46-40-34-28-22-15-11-9-8-10-13-19-25-31-37-43-49-55-63(2)3/h63-66H,7-62H2,1-6H3/t65?,66-/m1/s1. The Morgan fingerprint density at radius 1 is 0.267 bits per heavy atom. The number of carbonyl (C=O) groups is 3. The first-order valence-electron chi connectivity index (χ1n) is 34.1. The average Bonchev–Trinajstić information content (AvgIpc) is 3.39. The molecule has 6 nitrogen and oxygen atoms in total. The van der Waals surface area contributed by atoms with E-state index in [0.717, 1.165) is 75.5 Å². The zero-order valence-electron chi connectivity index (χ0n) is 51.9. The van der Waals surface area contributed by atoms with E-state index in [9.17, 15) is 14.4 Å². The second kappa shape index (κ2) is 60.1. The van der Waals surface area contributed by atoms with Crippen LogP contribution in [0.3, 0.4) is 0 Å². The number of hydrogen-bond acceptors (Lipinski definition) is 6. The van der Waals surface area contributed by atoms with Crippen LogP contribution in [-0.4, -0.2) is 37.2 Å². The van der Waals surface area contributed by atoms with Gasteiger partial charge >= 0.3 is 17.9 Å². The van der Waals surface area contributed by atoms with Crippen LogP contribution in [-0.2, 0) is 28.6 Å². The molecule has 446 valence electrons. The molecule has 0 aromatic carbocycles. The first kappa shape index (κ1) is 73.4. The Morgan fingerprint density at radius 3 is 0.693 bits per heavy atom. The molecule has 0 heterocycles. The van der Waals surface area contributed by atoms with Crippen LogP contribution in [0.2, 0.25) is 0 Å². The molecule has 0 saturated heterocycles. The Kier molecular flexibility index (Phi) is 58.8. The summed E-state index contributed by atoms with van der Waals surface area (Å²) in [6.45, 7) is 13.9. The summed E-state index contributed by atoms with van der Waals surface area (Å²) in [5.41, 5.74) is 0. The number of esters is 3. The number of rotatable bonds is 62. The lowest BCUT2D eigenvalue weighted by Crippen LogP contribution is -2.30. The molecule has 0 radical (unpaired) electrons. The van der Waals surface area contributed by atoms with Crippen molar-refractivity contribution in [3.63, 3.8) is 0 Å². The molecule has 1 unspecified atom stereocenters. The van der Waals surface area contributed by atoms with E-state index in [1.54, 1.807) is 0 Å². The molecule has 2 atom stereocenters. The predicted molar refractivity (Wildman–Crippen MR) is 326 cm³/mol. The number of hydrogen-bond donors (Lipinski definition) is 0. The van der Waals surface area contributed by atoms with E-state index in [1.165, 1.54) is 270 Å². The third-order valence-corrected chi connectivity index (χ3v) is 16.3. The van der Waals surface area contributed by atoms with Crippen molar-refractivity contribution in [2.24, 2.45) is 17.8 Å². The van der Waals surface area contributed by atoms with Gasteiger partial charge < -0.3 is 14.2 Å². The Balaban J connectivity index is 4.28. The van der Waals surface area contributed by atoms with Gasteiger partial charge in [-0.15, -0.1) is 0 Å². The molecule has 0 amide bonds. The fourth-order valence-electron chi connectivity index (χ4n) is 10.7. The van der Waals surface area contributed by atoms with Crippen LogP contribution >= 0.6 is 0 Å². The lowest BCUT2D eigenvalue weighted by molar-refractivity contribution is -0.167. The monoisotopic (exact) mass is 1060 g/mol. The maximum atomic E-state index is 12.9. The Hall–Kier alpha value is -1.59. The zero-order chi connectivity index (χ0) is 54.8. The van der Waals surface area contributed by atoms with E-state index >= 15 is 0 Å². The number of ether oxygens (including phenoxy) is 3. The molecule has 0 aromatic heterocycles. The normalized spacial score (nSPS) is 12.5. The van der Waals surface area contributed by atoms with E-state index in [4.69, 9.17) is 14.2 Å². The van der Waals surface area contributed by atoms with E-state index in [1.807, 2.05) is 0 Å². The molecular weight excluding hydrogens is 925 g/mol. The molecule has 0 aliphatic carbocycles. The molecule has 0 spiro atoms. The highest BCUT2D eigenvalue weighted by molar-refractivity contribution is 5.71. The van der Waals surface area contributed by atoms with Crippen molar-refractivity contribution in [1.82, 2.24) is 0 Å². The third kappa shape index (κ3) is 61.5. The van der Waals surface area contributed by atoms with Gasteiger partial charge in [-0.1, -0.05) is 350 Å². The Bertz CT molecular complexity index is 1170. The lowest BCUT2D eigenvalue weighted by atomic mass is 9.99. The van der Waals surface area contributed by atoms with Crippen molar-refractivity contribution in [2.45, 2.75) is 394 Å².